The Bertz CT molecular complexity index is 1210. The fraction of sp³-hybridized carbons (Fsp3) is 0.0833. The minimum absolute atomic E-state index is 0.0280. The molecule has 1 amide bonds. The highest BCUT2D eigenvalue weighted by Crippen LogP contribution is 2.35. The van der Waals surface area contributed by atoms with Crippen molar-refractivity contribution < 1.29 is 18.7 Å². The number of hydrogen-bond acceptors (Lipinski definition) is 5. The van der Waals surface area contributed by atoms with Gasteiger partial charge in [-0.05, 0) is 66.7 Å². The van der Waals surface area contributed by atoms with Gasteiger partial charge in [0.25, 0.3) is 5.91 Å². The predicted octanol–water partition coefficient (Wildman–Crippen LogP) is 5.02. The molecule has 148 valence electrons. The monoisotopic (exact) mass is 398 g/mol. The van der Waals surface area contributed by atoms with Crippen molar-refractivity contribution in [1.29, 1.82) is 0 Å². The quantitative estimate of drug-likeness (QED) is 0.523. The van der Waals surface area contributed by atoms with Crippen LogP contribution >= 0.6 is 0 Å². The van der Waals surface area contributed by atoms with Crippen molar-refractivity contribution >= 4 is 11.6 Å². The van der Waals surface area contributed by atoms with Gasteiger partial charge < -0.3 is 19.2 Å². The fourth-order valence-corrected chi connectivity index (χ4v) is 3.42. The molecule has 3 heterocycles. The number of methoxy groups -OCH3 is 1. The summed E-state index contributed by atoms with van der Waals surface area (Å²) >= 11 is 0. The summed E-state index contributed by atoms with van der Waals surface area (Å²) in [6.45, 7) is 0.0280. The van der Waals surface area contributed by atoms with E-state index in [1.54, 1.807) is 13.4 Å². The van der Waals surface area contributed by atoms with E-state index < -0.39 is 0 Å². The number of nitrogens with zero attached hydrogens (tertiary/aromatic N) is 1. The zero-order chi connectivity index (χ0) is 20.5. The topological polar surface area (TPSA) is 73.6 Å². The van der Waals surface area contributed by atoms with E-state index in [1.165, 1.54) is 0 Å². The molecule has 0 radical (unpaired) electrons. The number of nitrogens with one attached hydrogen (secondary N) is 1. The molecule has 2 aromatic carbocycles. The van der Waals surface area contributed by atoms with Crippen LogP contribution in [0.3, 0.4) is 0 Å². The lowest BCUT2D eigenvalue weighted by Crippen LogP contribution is -2.25. The maximum absolute atomic E-state index is 11.7. The Morgan fingerprint density at radius 1 is 0.933 bits per heavy atom. The van der Waals surface area contributed by atoms with Crippen LogP contribution in [-0.4, -0.2) is 24.6 Å². The number of fused-ring (bicyclic) bond motifs is 1. The van der Waals surface area contributed by atoms with Crippen molar-refractivity contribution in [2.24, 2.45) is 0 Å². The van der Waals surface area contributed by atoms with Gasteiger partial charge >= 0.3 is 0 Å². The molecule has 0 bridgehead atoms. The first-order valence-electron chi connectivity index (χ1n) is 9.47. The number of furan rings is 1. The Labute approximate surface area is 173 Å². The van der Waals surface area contributed by atoms with Gasteiger partial charge in [-0.1, -0.05) is 0 Å². The van der Waals surface area contributed by atoms with Crippen molar-refractivity contribution in [2.45, 2.75) is 0 Å². The van der Waals surface area contributed by atoms with Crippen LogP contribution in [0.15, 0.2) is 77.4 Å². The van der Waals surface area contributed by atoms with E-state index in [4.69, 9.17) is 18.9 Å². The molecule has 30 heavy (non-hydrogen) atoms. The molecule has 1 aliphatic rings. The zero-order valence-electron chi connectivity index (χ0n) is 16.2. The predicted molar refractivity (Wildman–Crippen MR) is 113 cm³/mol. The molecule has 6 heteroatoms. The summed E-state index contributed by atoms with van der Waals surface area (Å²) in [5, 5.41) is 2.85. The van der Waals surface area contributed by atoms with Crippen LogP contribution in [0.5, 0.6) is 11.5 Å². The molecular formula is C24H18N2O4. The summed E-state index contributed by atoms with van der Waals surface area (Å²) in [6.07, 6.45) is 1.65. The van der Waals surface area contributed by atoms with E-state index in [0.717, 1.165) is 39.6 Å². The van der Waals surface area contributed by atoms with E-state index >= 15 is 0 Å². The first-order chi connectivity index (χ1) is 14.7. The maximum atomic E-state index is 11.7. The summed E-state index contributed by atoms with van der Waals surface area (Å²) in [5.74, 6) is 2.02. The number of aromatic nitrogens is 1. The number of rotatable bonds is 4. The third-order valence-electron chi connectivity index (χ3n) is 4.93. The average Bonchev–Trinajstić information content (AvgIpc) is 3.33. The number of anilines is 1. The van der Waals surface area contributed by atoms with E-state index in [0.29, 0.717) is 11.4 Å². The minimum atomic E-state index is -0.170. The van der Waals surface area contributed by atoms with Gasteiger partial charge in [0, 0.05) is 16.7 Å². The van der Waals surface area contributed by atoms with Crippen LogP contribution < -0.4 is 14.8 Å². The Morgan fingerprint density at radius 3 is 2.43 bits per heavy atom. The highest BCUT2D eigenvalue weighted by molar-refractivity contribution is 5.96. The van der Waals surface area contributed by atoms with Crippen molar-refractivity contribution in [3.05, 3.63) is 73.0 Å². The number of amides is 1. The Hall–Kier alpha value is -4.06. The van der Waals surface area contributed by atoms with E-state index in [2.05, 4.69) is 5.32 Å². The van der Waals surface area contributed by atoms with E-state index in [1.807, 2.05) is 66.7 Å². The molecule has 0 atom stereocenters. The summed E-state index contributed by atoms with van der Waals surface area (Å²) in [4.78, 5) is 16.6. The summed E-state index contributed by atoms with van der Waals surface area (Å²) in [7, 11) is 1.64. The molecule has 0 saturated heterocycles. The van der Waals surface area contributed by atoms with E-state index in [-0.39, 0.29) is 12.5 Å². The largest absolute Gasteiger partial charge is 0.497 e. The summed E-state index contributed by atoms with van der Waals surface area (Å²) in [5.41, 5.74) is 4.94. The smallest absolute Gasteiger partial charge is 0.262 e. The van der Waals surface area contributed by atoms with Gasteiger partial charge in [-0.15, -0.1) is 0 Å². The molecule has 0 unspecified atom stereocenters. The number of pyridine rings is 1. The molecule has 2 aromatic heterocycles. The van der Waals surface area contributed by atoms with Crippen molar-refractivity contribution in [1.82, 2.24) is 4.98 Å². The minimum Gasteiger partial charge on any atom is -0.497 e. The van der Waals surface area contributed by atoms with Crippen molar-refractivity contribution in [2.75, 3.05) is 19.0 Å². The van der Waals surface area contributed by atoms with Crippen LogP contribution in [0.2, 0.25) is 0 Å². The van der Waals surface area contributed by atoms with Crippen molar-refractivity contribution in [3.63, 3.8) is 0 Å². The third kappa shape index (κ3) is 3.39. The Morgan fingerprint density at radius 2 is 1.70 bits per heavy atom. The van der Waals surface area contributed by atoms with E-state index in [9.17, 15) is 4.79 Å². The molecule has 1 N–H and O–H groups in total. The number of hydrogen-bond donors (Lipinski definition) is 1. The molecule has 5 rings (SSSR count). The second kappa shape index (κ2) is 7.40. The standard InChI is InChI=1S/C24H18N2O4/c1-28-18-7-4-15(5-8-18)19-12-17(22-3-2-10-29-22)13-20(25-19)16-6-9-23-21(11-16)26-24(27)14-30-23/h2-13H,14H2,1H3,(H,26,27). The molecule has 0 saturated carbocycles. The third-order valence-corrected chi connectivity index (χ3v) is 4.93. The molecule has 1 aliphatic heterocycles. The van der Waals surface area contributed by atoms with Gasteiger partial charge in [-0.3, -0.25) is 4.79 Å². The lowest BCUT2D eigenvalue weighted by Gasteiger charge is -2.18. The molecule has 6 nitrogen and oxygen atoms in total. The maximum Gasteiger partial charge on any atom is 0.262 e. The lowest BCUT2D eigenvalue weighted by molar-refractivity contribution is -0.118. The van der Waals surface area contributed by atoms with Gasteiger partial charge in [0.1, 0.15) is 17.3 Å². The molecule has 0 fully saturated rings. The van der Waals surface area contributed by atoms with Gasteiger partial charge in [-0.2, -0.15) is 0 Å². The highest BCUT2D eigenvalue weighted by atomic mass is 16.5. The lowest BCUT2D eigenvalue weighted by atomic mass is 10.0. The van der Waals surface area contributed by atoms with Crippen LogP contribution in [0.25, 0.3) is 33.8 Å². The molecule has 0 spiro atoms. The normalized spacial score (nSPS) is 12.6. The number of ether oxygens (including phenoxy) is 2. The Balaban J connectivity index is 1.63. The SMILES string of the molecule is COc1ccc(-c2cc(-c3ccco3)cc(-c3ccc4c(c3)NC(=O)CO4)n2)cc1. The second-order valence-electron chi connectivity index (χ2n) is 6.88. The van der Waals surface area contributed by atoms with Crippen LogP contribution in [-0.2, 0) is 4.79 Å². The summed E-state index contributed by atoms with van der Waals surface area (Å²) in [6, 6.07) is 21.1. The first kappa shape index (κ1) is 18.0. The zero-order valence-corrected chi connectivity index (χ0v) is 16.2. The first-order valence-corrected chi connectivity index (χ1v) is 9.47. The number of carbonyl (C=O) groups is 1. The Kier molecular flexibility index (Phi) is 4.44. The van der Waals surface area contributed by atoms with Gasteiger partial charge in [-0.25, -0.2) is 4.98 Å². The van der Waals surface area contributed by atoms with Gasteiger partial charge in [0.15, 0.2) is 6.61 Å². The van der Waals surface area contributed by atoms with Gasteiger partial charge in [0.2, 0.25) is 0 Å². The average molecular weight is 398 g/mol. The van der Waals surface area contributed by atoms with Crippen LogP contribution in [0.4, 0.5) is 5.69 Å². The highest BCUT2D eigenvalue weighted by Gasteiger charge is 2.17. The van der Waals surface area contributed by atoms with Crippen LogP contribution in [0, 0.1) is 0 Å². The van der Waals surface area contributed by atoms with Gasteiger partial charge in [0.05, 0.1) is 30.4 Å². The fourth-order valence-electron chi connectivity index (χ4n) is 3.42. The number of benzene rings is 2. The number of carbonyl (C=O) groups excluding carboxylic acids is 1. The second-order valence-corrected chi connectivity index (χ2v) is 6.88. The molecular weight excluding hydrogens is 380 g/mol. The molecule has 0 aliphatic carbocycles. The summed E-state index contributed by atoms with van der Waals surface area (Å²) < 4.78 is 16.3. The molecule has 4 aromatic rings. The van der Waals surface area contributed by atoms with Crippen molar-refractivity contribution in [3.8, 4) is 45.3 Å². The van der Waals surface area contributed by atoms with Crippen LogP contribution in [0.1, 0.15) is 0 Å².